The summed E-state index contributed by atoms with van der Waals surface area (Å²) in [5.41, 5.74) is 1.76. The standard InChI is InChI=1S/C15H11BrClN3O/c1-21-11-7-8-12(16)13(9-11)20-14(18-19-15(20)17)10-5-3-2-4-6-10/h2-9H,1H3. The van der Waals surface area contributed by atoms with Crippen LogP contribution in [0.5, 0.6) is 5.75 Å². The van der Waals surface area contributed by atoms with Gasteiger partial charge in [-0.3, -0.25) is 4.57 Å². The van der Waals surface area contributed by atoms with Gasteiger partial charge in [0.2, 0.25) is 5.28 Å². The molecule has 4 nitrogen and oxygen atoms in total. The summed E-state index contributed by atoms with van der Waals surface area (Å²) in [5.74, 6) is 1.41. The van der Waals surface area contributed by atoms with Gasteiger partial charge in [0, 0.05) is 16.1 Å². The first-order valence-electron chi connectivity index (χ1n) is 6.21. The van der Waals surface area contributed by atoms with E-state index in [1.807, 2.05) is 48.5 Å². The number of nitrogens with zero attached hydrogens (tertiary/aromatic N) is 3. The fourth-order valence-corrected chi connectivity index (χ4v) is 2.68. The molecule has 0 aliphatic rings. The second kappa shape index (κ2) is 5.87. The molecule has 3 aromatic rings. The molecular weight excluding hydrogens is 354 g/mol. The van der Waals surface area contributed by atoms with Crippen LogP contribution in [-0.2, 0) is 0 Å². The van der Waals surface area contributed by atoms with E-state index < -0.39 is 0 Å². The lowest BCUT2D eigenvalue weighted by molar-refractivity contribution is 0.414. The molecule has 0 atom stereocenters. The lowest BCUT2D eigenvalue weighted by Gasteiger charge is -2.11. The van der Waals surface area contributed by atoms with Crippen LogP contribution in [0.15, 0.2) is 53.0 Å². The SMILES string of the molecule is COc1ccc(Br)c(-n2c(Cl)nnc2-c2ccccc2)c1. The van der Waals surface area contributed by atoms with Crippen LogP contribution in [0.25, 0.3) is 17.1 Å². The molecule has 0 radical (unpaired) electrons. The number of aromatic nitrogens is 3. The zero-order valence-corrected chi connectivity index (χ0v) is 13.5. The van der Waals surface area contributed by atoms with Crippen molar-refractivity contribution in [2.75, 3.05) is 7.11 Å². The molecule has 0 saturated heterocycles. The molecule has 0 amide bonds. The molecule has 3 rings (SSSR count). The quantitative estimate of drug-likeness (QED) is 0.693. The first-order chi connectivity index (χ1) is 10.2. The van der Waals surface area contributed by atoms with Crippen molar-refractivity contribution in [3.63, 3.8) is 0 Å². The lowest BCUT2D eigenvalue weighted by Crippen LogP contribution is -1.99. The Balaban J connectivity index is 2.22. The van der Waals surface area contributed by atoms with Gasteiger partial charge in [0.15, 0.2) is 5.82 Å². The van der Waals surface area contributed by atoms with Crippen LogP contribution < -0.4 is 4.74 Å². The molecule has 0 unspecified atom stereocenters. The summed E-state index contributed by atoms with van der Waals surface area (Å²) in [6, 6.07) is 15.4. The first-order valence-corrected chi connectivity index (χ1v) is 7.38. The van der Waals surface area contributed by atoms with Crippen molar-refractivity contribution in [2.45, 2.75) is 0 Å². The third-order valence-electron chi connectivity index (χ3n) is 3.05. The third kappa shape index (κ3) is 2.66. The monoisotopic (exact) mass is 363 g/mol. The topological polar surface area (TPSA) is 39.9 Å². The molecule has 0 aliphatic carbocycles. The number of rotatable bonds is 3. The second-order valence-electron chi connectivity index (χ2n) is 4.31. The van der Waals surface area contributed by atoms with Gasteiger partial charge in [-0.1, -0.05) is 30.3 Å². The van der Waals surface area contributed by atoms with Crippen LogP contribution in [0.3, 0.4) is 0 Å². The van der Waals surface area contributed by atoms with Crippen molar-refractivity contribution >= 4 is 27.5 Å². The molecule has 0 fully saturated rings. The Kier molecular flexibility index (Phi) is 3.94. The lowest BCUT2D eigenvalue weighted by atomic mass is 10.2. The van der Waals surface area contributed by atoms with Gasteiger partial charge in [0.05, 0.1) is 12.8 Å². The Bertz CT molecular complexity index is 774. The summed E-state index contributed by atoms with van der Waals surface area (Å²) in [6.07, 6.45) is 0. The van der Waals surface area contributed by atoms with E-state index in [2.05, 4.69) is 26.1 Å². The van der Waals surface area contributed by atoms with E-state index >= 15 is 0 Å². The molecule has 0 N–H and O–H groups in total. The van der Waals surface area contributed by atoms with Gasteiger partial charge in [-0.25, -0.2) is 0 Å². The number of halogens is 2. The predicted molar refractivity (Wildman–Crippen MR) is 86.1 cm³/mol. The van der Waals surface area contributed by atoms with Crippen molar-refractivity contribution in [1.82, 2.24) is 14.8 Å². The molecule has 0 spiro atoms. The van der Waals surface area contributed by atoms with Crippen molar-refractivity contribution in [3.05, 3.63) is 58.3 Å². The highest BCUT2D eigenvalue weighted by atomic mass is 79.9. The minimum Gasteiger partial charge on any atom is -0.497 e. The fourth-order valence-electron chi connectivity index (χ4n) is 2.04. The third-order valence-corrected chi connectivity index (χ3v) is 3.96. The average Bonchev–Trinajstić information content (AvgIpc) is 2.90. The Morgan fingerprint density at radius 1 is 1.10 bits per heavy atom. The maximum Gasteiger partial charge on any atom is 0.229 e. The van der Waals surface area contributed by atoms with E-state index in [4.69, 9.17) is 16.3 Å². The van der Waals surface area contributed by atoms with Gasteiger partial charge in [-0.2, -0.15) is 0 Å². The first kappa shape index (κ1) is 14.1. The minimum atomic E-state index is 0.294. The molecule has 1 aromatic heterocycles. The summed E-state index contributed by atoms with van der Waals surface area (Å²) in [6.45, 7) is 0. The molecule has 6 heteroatoms. The zero-order chi connectivity index (χ0) is 14.8. The van der Waals surface area contributed by atoms with E-state index in [0.29, 0.717) is 11.1 Å². The zero-order valence-electron chi connectivity index (χ0n) is 11.1. The van der Waals surface area contributed by atoms with Gasteiger partial charge < -0.3 is 4.74 Å². The van der Waals surface area contributed by atoms with E-state index in [-0.39, 0.29) is 0 Å². The van der Waals surface area contributed by atoms with Crippen LogP contribution in [0.1, 0.15) is 0 Å². The Morgan fingerprint density at radius 2 is 1.86 bits per heavy atom. The number of hydrogen-bond donors (Lipinski definition) is 0. The maximum absolute atomic E-state index is 6.22. The highest BCUT2D eigenvalue weighted by Gasteiger charge is 2.16. The largest absolute Gasteiger partial charge is 0.497 e. The number of methoxy groups -OCH3 is 1. The van der Waals surface area contributed by atoms with Gasteiger partial charge >= 0.3 is 0 Å². The smallest absolute Gasteiger partial charge is 0.229 e. The van der Waals surface area contributed by atoms with Crippen LogP contribution in [-0.4, -0.2) is 21.9 Å². The average molecular weight is 365 g/mol. The van der Waals surface area contributed by atoms with Crippen molar-refractivity contribution < 1.29 is 4.74 Å². The van der Waals surface area contributed by atoms with Crippen LogP contribution in [0, 0.1) is 0 Å². The Morgan fingerprint density at radius 3 is 2.57 bits per heavy atom. The normalized spacial score (nSPS) is 10.6. The van der Waals surface area contributed by atoms with Gasteiger partial charge in [0.1, 0.15) is 5.75 Å². The highest BCUT2D eigenvalue weighted by Crippen LogP contribution is 2.32. The van der Waals surface area contributed by atoms with Crippen molar-refractivity contribution in [3.8, 4) is 22.8 Å². The number of hydrogen-bond acceptors (Lipinski definition) is 3. The summed E-state index contributed by atoms with van der Waals surface area (Å²) in [5, 5.41) is 8.46. The summed E-state index contributed by atoms with van der Waals surface area (Å²) in [7, 11) is 1.62. The van der Waals surface area contributed by atoms with E-state index in [0.717, 1.165) is 21.5 Å². The van der Waals surface area contributed by atoms with E-state index in [9.17, 15) is 0 Å². The fraction of sp³-hybridized carbons (Fsp3) is 0.0667. The Hall–Kier alpha value is -1.85. The Labute approximate surface area is 135 Å². The minimum absolute atomic E-state index is 0.294. The summed E-state index contributed by atoms with van der Waals surface area (Å²) < 4.78 is 7.93. The van der Waals surface area contributed by atoms with Crippen LogP contribution >= 0.6 is 27.5 Å². The van der Waals surface area contributed by atoms with E-state index in [1.54, 1.807) is 11.7 Å². The molecule has 1 heterocycles. The number of benzene rings is 2. The van der Waals surface area contributed by atoms with Gasteiger partial charge in [-0.05, 0) is 39.7 Å². The van der Waals surface area contributed by atoms with Gasteiger partial charge in [0.25, 0.3) is 0 Å². The molecule has 0 bridgehead atoms. The summed E-state index contributed by atoms with van der Waals surface area (Å²) >= 11 is 9.76. The molecule has 2 aromatic carbocycles. The molecular formula is C15H11BrClN3O. The molecule has 21 heavy (non-hydrogen) atoms. The molecule has 106 valence electrons. The van der Waals surface area contributed by atoms with Crippen molar-refractivity contribution in [2.24, 2.45) is 0 Å². The van der Waals surface area contributed by atoms with Gasteiger partial charge in [-0.15, -0.1) is 10.2 Å². The second-order valence-corrected chi connectivity index (χ2v) is 5.50. The summed E-state index contributed by atoms with van der Waals surface area (Å²) in [4.78, 5) is 0. The molecule has 0 aliphatic heterocycles. The predicted octanol–water partition coefficient (Wildman–Crippen LogP) is 4.36. The number of ether oxygens (including phenoxy) is 1. The highest BCUT2D eigenvalue weighted by molar-refractivity contribution is 9.10. The molecule has 0 saturated carbocycles. The van der Waals surface area contributed by atoms with E-state index in [1.165, 1.54) is 0 Å². The van der Waals surface area contributed by atoms with Crippen molar-refractivity contribution in [1.29, 1.82) is 0 Å². The van der Waals surface area contributed by atoms with Crippen LogP contribution in [0.4, 0.5) is 0 Å². The van der Waals surface area contributed by atoms with Crippen LogP contribution in [0.2, 0.25) is 5.28 Å². The maximum atomic E-state index is 6.22.